The molecule has 0 atom stereocenters. The number of allylic oxidation sites excluding steroid dienone is 4. The van der Waals surface area contributed by atoms with Gasteiger partial charge in [0.25, 0.3) is 0 Å². The van der Waals surface area contributed by atoms with Gasteiger partial charge in [-0.3, -0.25) is 0 Å². The normalized spacial score (nSPS) is 16.3. The van der Waals surface area contributed by atoms with Crippen molar-refractivity contribution >= 4 is 3.87 Å². The number of hydrogen-bond acceptors (Lipinski definition) is 0. The van der Waals surface area contributed by atoms with Crippen molar-refractivity contribution in [2.75, 3.05) is 0 Å². The minimum Gasteiger partial charge on any atom is -1.00 e. The fourth-order valence-electron chi connectivity index (χ4n) is 2.98. The molecule has 1 aromatic carbocycles. The van der Waals surface area contributed by atoms with Crippen LogP contribution in [0.25, 0.3) is 0 Å². The largest absolute Gasteiger partial charge is 1.00 e. The first-order chi connectivity index (χ1) is 8.76. The molecular formula is C18H24Cl2Ti. The first-order valence-electron chi connectivity index (χ1n) is 6.99. The smallest absolute Gasteiger partial charge is 1.00 e. The topological polar surface area (TPSA) is 0 Å². The fraction of sp³-hybridized carbons (Fsp3) is 0.444. The Kier molecular flexibility index (Phi) is 7.51. The fourth-order valence-corrected chi connectivity index (χ4v) is 5.61. The van der Waals surface area contributed by atoms with Gasteiger partial charge in [0.05, 0.1) is 0 Å². The van der Waals surface area contributed by atoms with Gasteiger partial charge < -0.3 is 24.8 Å². The van der Waals surface area contributed by atoms with E-state index < -0.39 is 0 Å². The maximum atomic E-state index is 2.40. The monoisotopic (exact) mass is 358 g/mol. The molecule has 0 spiro atoms. The molecular weight excluding hydrogens is 335 g/mol. The third-order valence-corrected chi connectivity index (χ3v) is 8.37. The van der Waals surface area contributed by atoms with Gasteiger partial charge in [-0.2, -0.15) is 0 Å². The van der Waals surface area contributed by atoms with Crippen LogP contribution in [0.4, 0.5) is 0 Å². The molecule has 0 amide bonds. The van der Waals surface area contributed by atoms with Gasteiger partial charge in [-0.1, -0.05) is 0 Å². The van der Waals surface area contributed by atoms with Crippen LogP contribution in [0.15, 0.2) is 38.8 Å². The molecule has 21 heavy (non-hydrogen) atoms. The van der Waals surface area contributed by atoms with E-state index in [1.807, 2.05) is 0 Å². The van der Waals surface area contributed by atoms with Gasteiger partial charge in [0.1, 0.15) is 0 Å². The Bertz CT molecular complexity index is 575. The summed E-state index contributed by atoms with van der Waals surface area (Å²) in [4.78, 5) is 0. The summed E-state index contributed by atoms with van der Waals surface area (Å²) in [6.45, 7) is 16.2. The zero-order valence-electron chi connectivity index (χ0n) is 14.0. The number of benzene rings is 1. The molecule has 0 heterocycles. The molecule has 0 radical (unpaired) electrons. The zero-order chi connectivity index (χ0) is 14.4. The predicted octanol–water partition coefficient (Wildman–Crippen LogP) is -1.33. The second-order valence-electron chi connectivity index (χ2n) is 6.27. The van der Waals surface area contributed by atoms with Crippen LogP contribution in [0.1, 0.15) is 45.7 Å². The second-order valence-corrected chi connectivity index (χ2v) is 8.22. The molecule has 1 aliphatic carbocycles. The van der Waals surface area contributed by atoms with Gasteiger partial charge in [-0.05, 0) is 0 Å². The Labute approximate surface area is 151 Å². The molecule has 1 aromatic rings. The van der Waals surface area contributed by atoms with Gasteiger partial charge in [0.2, 0.25) is 0 Å². The molecule has 0 unspecified atom stereocenters. The van der Waals surface area contributed by atoms with E-state index in [1.54, 1.807) is 18.9 Å². The molecule has 0 saturated carbocycles. The Balaban J connectivity index is 0.00000200. The minimum absolute atomic E-state index is 0. The van der Waals surface area contributed by atoms with Crippen LogP contribution in [-0.4, -0.2) is 0 Å². The molecule has 0 N–H and O–H groups in total. The molecule has 0 bridgehead atoms. The van der Waals surface area contributed by atoms with E-state index in [9.17, 15) is 0 Å². The summed E-state index contributed by atoms with van der Waals surface area (Å²) < 4.78 is 3.35. The SMILES string of the molecule is CC1=C(C)C(C)(C)[C]([Ti+2][c]2c(C)cccc2C)=C1C.[Cl-].[Cl-]. The van der Waals surface area contributed by atoms with Gasteiger partial charge >= 0.3 is 127 Å². The van der Waals surface area contributed by atoms with Crippen molar-refractivity contribution in [1.82, 2.24) is 0 Å². The maximum Gasteiger partial charge on any atom is -1.00 e. The van der Waals surface area contributed by atoms with Gasteiger partial charge in [-0.15, -0.1) is 0 Å². The first-order valence-corrected chi connectivity index (χ1v) is 8.56. The van der Waals surface area contributed by atoms with E-state index >= 15 is 0 Å². The van der Waals surface area contributed by atoms with Gasteiger partial charge in [0, 0.05) is 0 Å². The zero-order valence-corrected chi connectivity index (χ0v) is 17.1. The molecule has 0 aliphatic heterocycles. The number of rotatable bonds is 2. The van der Waals surface area contributed by atoms with Crippen LogP contribution in [0.3, 0.4) is 0 Å². The Morgan fingerprint density at radius 1 is 0.810 bits per heavy atom. The molecule has 0 nitrogen and oxygen atoms in total. The minimum atomic E-state index is -0.224. The van der Waals surface area contributed by atoms with Crippen LogP contribution in [0, 0.1) is 19.3 Å². The predicted molar refractivity (Wildman–Crippen MR) is 80.4 cm³/mol. The summed E-state index contributed by atoms with van der Waals surface area (Å²) in [6, 6.07) is 6.70. The standard InChI is InChI=1S/C10H15.C8H9.2ClH.Ti/c1-7-6-10(4,5)9(3)8(7)2;1-7-4-3-5-8(2)6-7;;;/h1-5H3;3-5H,1-2H3;2*1H;/q;;;;+2/p-2. The molecule has 0 fully saturated rings. The molecule has 3 heteroatoms. The Morgan fingerprint density at radius 3 is 1.67 bits per heavy atom. The molecule has 0 aromatic heterocycles. The summed E-state index contributed by atoms with van der Waals surface area (Å²) in [5, 5.41) is 0. The van der Waals surface area contributed by atoms with Crippen molar-refractivity contribution in [2.24, 2.45) is 5.41 Å². The summed E-state index contributed by atoms with van der Waals surface area (Å²) in [7, 11) is 0. The van der Waals surface area contributed by atoms with Crippen LogP contribution in [0.5, 0.6) is 0 Å². The van der Waals surface area contributed by atoms with Crippen LogP contribution in [0.2, 0.25) is 0 Å². The third-order valence-electron chi connectivity index (χ3n) is 4.79. The third kappa shape index (κ3) is 3.67. The maximum absolute atomic E-state index is 2.40. The van der Waals surface area contributed by atoms with Crippen LogP contribution < -0.4 is 28.7 Å². The van der Waals surface area contributed by atoms with E-state index in [2.05, 4.69) is 66.7 Å². The molecule has 2 rings (SSSR count). The van der Waals surface area contributed by atoms with Crippen LogP contribution >= 0.6 is 0 Å². The van der Waals surface area contributed by atoms with E-state index in [0.29, 0.717) is 0 Å². The van der Waals surface area contributed by atoms with Crippen molar-refractivity contribution in [2.45, 2.75) is 48.5 Å². The Morgan fingerprint density at radius 2 is 1.29 bits per heavy atom. The summed E-state index contributed by atoms with van der Waals surface area (Å²) in [5.41, 5.74) is 7.86. The number of aryl methyl sites for hydroxylation is 2. The van der Waals surface area contributed by atoms with Crippen LogP contribution in [-0.2, 0) is 19.2 Å². The number of halogens is 2. The van der Waals surface area contributed by atoms with Crippen molar-refractivity contribution in [1.29, 1.82) is 0 Å². The van der Waals surface area contributed by atoms with E-state index in [1.165, 1.54) is 16.7 Å². The summed E-state index contributed by atoms with van der Waals surface area (Å²) >= 11 is -0.224. The molecule has 1 aliphatic rings. The van der Waals surface area contributed by atoms with Gasteiger partial charge in [0.15, 0.2) is 0 Å². The summed E-state index contributed by atoms with van der Waals surface area (Å²) in [5.74, 6) is 0. The van der Waals surface area contributed by atoms with Crippen molar-refractivity contribution in [3.8, 4) is 0 Å². The van der Waals surface area contributed by atoms with Crippen molar-refractivity contribution < 1.29 is 44.0 Å². The average molecular weight is 359 g/mol. The first kappa shape index (κ1) is 21.0. The quantitative estimate of drug-likeness (QED) is 0.575. The van der Waals surface area contributed by atoms with Crippen molar-refractivity contribution in [3.05, 3.63) is 49.9 Å². The molecule has 0 saturated heterocycles. The van der Waals surface area contributed by atoms with Crippen molar-refractivity contribution in [3.63, 3.8) is 0 Å². The molecule has 114 valence electrons. The average Bonchev–Trinajstić information content (AvgIpc) is 2.48. The second kappa shape index (κ2) is 7.51. The summed E-state index contributed by atoms with van der Waals surface area (Å²) in [6.07, 6.45) is 0. The van der Waals surface area contributed by atoms with E-state index in [0.717, 1.165) is 0 Å². The van der Waals surface area contributed by atoms with E-state index in [4.69, 9.17) is 0 Å². The van der Waals surface area contributed by atoms with Gasteiger partial charge in [-0.25, -0.2) is 0 Å². The van der Waals surface area contributed by atoms with E-state index in [-0.39, 0.29) is 49.4 Å². The number of hydrogen-bond donors (Lipinski definition) is 0. The Hall–Kier alpha value is -0.00571.